The van der Waals surface area contributed by atoms with E-state index in [0.717, 1.165) is 16.9 Å². The molecule has 4 rings (SSSR count). The van der Waals surface area contributed by atoms with Crippen LogP contribution >= 0.6 is 0 Å². The van der Waals surface area contributed by atoms with E-state index in [-0.39, 0.29) is 5.91 Å². The van der Waals surface area contributed by atoms with E-state index >= 15 is 0 Å². The van der Waals surface area contributed by atoms with Crippen molar-refractivity contribution in [3.63, 3.8) is 0 Å². The Morgan fingerprint density at radius 3 is 2.70 bits per heavy atom. The Kier molecular flexibility index (Phi) is 4.49. The summed E-state index contributed by atoms with van der Waals surface area (Å²) >= 11 is 0. The fourth-order valence-corrected chi connectivity index (χ4v) is 2.84. The minimum absolute atomic E-state index is 0.153. The zero-order chi connectivity index (χ0) is 18.6. The maximum absolute atomic E-state index is 12.4. The lowest BCUT2D eigenvalue weighted by molar-refractivity contribution is 0.0950. The van der Waals surface area contributed by atoms with Crippen molar-refractivity contribution in [1.82, 2.24) is 24.9 Å². The van der Waals surface area contributed by atoms with Gasteiger partial charge in [0, 0.05) is 35.6 Å². The predicted octanol–water partition coefficient (Wildman–Crippen LogP) is 2.73. The maximum Gasteiger partial charge on any atom is 0.255 e. The summed E-state index contributed by atoms with van der Waals surface area (Å²) < 4.78 is 7.11. The number of carbonyl (C=O) groups excluding carboxylic acids is 1. The largest absolute Gasteiger partial charge is 0.496 e. The Morgan fingerprint density at radius 2 is 1.89 bits per heavy atom. The van der Waals surface area contributed by atoms with Gasteiger partial charge >= 0.3 is 0 Å². The van der Waals surface area contributed by atoms with Crippen LogP contribution in [-0.2, 0) is 6.54 Å². The molecule has 0 fully saturated rings. The summed E-state index contributed by atoms with van der Waals surface area (Å²) in [6.45, 7) is 0.394. The van der Waals surface area contributed by atoms with Gasteiger partial charge in [-0.15, -0.1) is 10.2 Å². The van der Waals surface area contributed by atoms with E-state index in [1.165, 1.54) is 0 Å². The van der Waals surface area contributed by atoms with Crippen LogP contribution in [0, 0.1) is 0 Å². The summed E-state index contributed by atoms with van der Waals surface area (Å²) in [4.78, 5) is 16.6. The fraction of sp³-hybridized carbons (Fsp3) is 0.100. The zero-order valence-corrected chi connectivity index (χ0v) is 14.7. The molecule has 4 aromatic rings. The van der Waals surface area contributed by atoms with E-state index in [2.05, 4.69) is 20.5 Å². The van der Waals surface area contributed by atoms with E-state index in [1.807, 2.05) is 48.7 Å². The molecule has 7 nitrogen and oxygen atoms in total. The number of nitrogens with one attached hydrogen (secondary N) is 1. The minimum atomic E-state index is -0.153. The van der Waals surface area contributed by atoms with Crippen LogP contribution in [0.15, 0.2) is 67.0 Å². The second kappa shape index (κ2) is 7.25. The average molecular weight is 359 g/mol. The quantitative estimate of drug-likeness (QED) is 0.592. The number of fused-ring (bicyclic) bond motifs is 1. The normalized spacial score (nSPS) is 10.7. The summed E-state index contributed by atoms with van der Waals surface area (Å²) in [5.41, 5.74) is 2.35. The number of carbonyl (C=O) groups is 1. The van der Waals surface area contributed by atoms with Crippen LogP contribution in [-0.4, -0.2) is 32.6 Å². The van der Waals surface area contributed by atoms with E-state index in [9.17, 15) is 4.79 Å². The smallest absolute Gasteiger partial charge is 0.255 e. The molecule has 2 aromatic heterocycles. The molecule has 0 unspecified atom stereocenters. The highest BCUT2D eigenvalue weighted by Crippen LogP contribution is 2.19. The number of nitrogens with zero attached hydrogens (tertiary/aromatic N) is 4. The Hall–Kier alpha value is -3.74. The second-order valence-electron chi connectivity index (χ2n) is 5.89. The van der Waals surface area contributed by atoms with Gasteiger partial charge in [-0.25, -0.2) is 4.98 Å². The number of hydrogen-bond donors (Lipinski definition) is 1. The first kappa shape index (κ1) is 16.7. The number of para-hydroxylation sites is 1. The van der Waals surface area contributed by atoms with Crippen LogP contribution in [0.3, 0.4) is 0 Å². The first-order valence-corrected chi connectivity index (χ1v) is 8.42. The number of ether oxygens (including phenoxy) is 1. The number of amides is 1. The van der Waals surface area contributed by atoms with E-state index in [4.69, 9.17) is 4.74 Å². The third kappa shape index (κ3) is 3.35. The third-order valence-electron chi connectivity index (χ3n) is 4.23. The van der Waals surface area contributed by atoms with E-state index in [0.29, 0.717) is 23.7 Å². The molecule has 0 spiro atoms. The van der Waals surface area contributed by atoms with Crippen LogP contribution in [0.5, 0.6) is 5.75 Å². The molecule has 0 bridgehead atoms. The van der Waals surface area contributed by atoms with Gasteiger partial charge in [-0.05, 0) is 24.3 Å². The summed E-state index contributed by atoms with van der Waals surface area (Å²) in [6.07, 6.45) is 3.52. The van der Waals surface area contributed by atoms with Crippen molar-refractivity contribution in [1.29, 1.82) is 0 Å². The lowest BCUT2D eigenvalue weighted by Gasteiger charge is -2.09. The van der Waals surface area contributed by atoms with Gasteiger partial charge in [0.2, 0.25) is 0 Å². The molecule has 27 heavy (non-hydrogen) atoms. The average Bonchev–Trinajstić information content (AvgIpc) is 3.16. The Morgan fingerprint density at radius 1 is 1.07 bits per heavy atom. The molecule has 0 aliphatic heterocycles. The molecule has 2 heterocycles. The highest BCUT2D eigenvalue weighted by Gasteiger charge is 2.11. The highest BCUT2D eigenvalue weighted by atomic mass is 16.5. The molecule has 1 amide bonds. The monoisotopic (exact) mass is 359 g/mol. The molecule has 0 radical (unpaired) electrons. The van der Waals surface area contributed by atoms with Gasteiger partial charge in [0.15, 0.2) is 5.82 Å². The molecular formula is C20H17N5O2. The highest BCUT2D eigenvalue weighted by molar-refractivity contribution is 5.94. The van der Waals surface area contributed by atoms with E-state index < -0.39 is 0 Å². The molecule has 0 atom stereocenters. The van der Waals surface area contributed by atoms with Crippen LogP contribution in [0.4, 0.5) is 0 Å². The third-order valence-corrected chi connectivity index (χ3v) is 4.23. The zero-order valence-electron chi connectivity index (χ0n) is 14.7. The molecule has 1 N–H and O–H groups in total. The first-order chi connectivity index (χ1) is 13.3. The lowest BCUT2D eigenvalue weighted by Crippen LogP contribution is -2.23. The molecular weight excluding hydrogens is 342 g/mol. The molecule has 2 aromatic carbocycles. The number of hydrogen-bond acceptors (Lipinski definition) is 5. The molecule has 0 aliphatic rings. The van der Waals surface area contributed by atoms with Crippen molar-refractivity contribution in [2.45, 2.75) is 6.54 Å². The number of benzene rings is 2. The number of rotatable bonds is 5. The number of aromatic nitrogens is 4. The number of methoxy groups -OCH3 is 1. The van der Waals surface area contributed by atoms with Gasteiger partial charge in [0.05, 0.1) is 7.11 Å². The van der Waals surface area contributed by atoms with Crippen molar-refractivity contribution in [2.24, 2.45) is 0 Å². The molecule has 0 saturated carbocycles. The lowest BCUT2D eigenvalue weighted by atomic mass is 10.1. The Labute approximate surface area is 155 Å². The van der Waals surface area contributed by atoms with Crippen molar-refractivity contribution >= 4 is 11.7 Å². The van der Waals surface area contributed by atoms with Crippen molar-refractivity contribution < 1.29 is 9.53 Å². The van der Waals surface area contributed by atoms with Crippen molar-refractivity contribution in [2.75, 3.05) is 7.11 Å². The van der Waals surface area contributed by atoms with Crippen LogP contribution in [0.2, 0.25) is 0 Å². The van der Waals surface area contributed by atoms with Gasteiger partial charge in [0.1, 0.15) is 5.75 Å². The second-order valence-corrected chi connectivity index (χ2v) is 5.89. The fourth-order valence-electron chi connectivity index (χ4n) is 2.84. The molecule has 0 aliphatic carbocycles. The van der Waals surface area contributed by atoms with Gasteiger partial charge in [-0.2, -0.15) is 0 Å². The van der Waals surface area contributed by atoms with Gasteiger partial charge in [-0.3, -0.25) is 9.20 Å². The summed E-state index contributed by atoms with van der Waals surface area (Å²) in [6, 6.07) is 16.7. The predicted molar refractivity (Wildman–Crippen MR) is 100 cm³/mol. The Bertz CT molecular complexity index is 1090. The standard InChI is InChI=1S/C20H17N5O2/c1-27-17-6-3-2-5-16(17)13-22-19(26)15-9-7-14(8-10-15)18-23-24-20-21-11-4-12-25(18)20/h2-12H,13H2,1H3,(H,22,26). The van der Waals surface area contributed by atoms with Crippen molar-refractivity contribution in [3.05, 3.63) is 78.1 Å². The molecule has 134 valence electrons. The van der Waals surface area contributed by atoms with Crippen LogP contribution in [0.1, 0.15) is 15.9 Å². The van der Waals surface area contributed by atoms with Crippen LogP contribution in [0.25, 0.3) is 17.2 Å². The summed E-state index contributed by atoms with van der Waals surface area (Å²) in [5, 5.41) is 11.1. The summed E-state index contributed by atoms with van der Waals surface area (Å²) in [7, 11) is 1.61. The van der Waals surface area contributed by atoms with E-state index in [1.54, 1.807) is 29.8 Å². The Balaban J connectivity index is 1.49. The SMILES string of the molecule is COc1ccccc1CNC(=O)c1ccc(-c2nnc3ncccn23)cc1. The topological polar surface area (TPSA) is 81.4 Å². The molecule has 7 heteroatoms. The van der Waals surface area contributed by atoms with Crippen molar-refractivity contribution in [3.8, 4) is 17.1 Å². The van der Waals surface area contributed by atoms with Gasteiger partial charge < -0.3 is 10.1 Å². The summed E-state index contributed by atoms with van der Waals surface area (Å²) in [5.74, 6) is 1.81. The van der Waals surface area contributed by atoms with Crippen LogP contribution < -0.4 is 10.1 Å². The minimum Gasteiger partial charge on any atom is -0.496 e. The van der Waals surface area contributed by atoms with Gasteiger partial charge in [-0.1, -0.05) is 30.3 Å². The first-order valence-electron chi connectivity index (χ1n) is 8.42. The van der Waals surface area contributed by atoms with Gasteiger partial charge in [0.25, 0.3) is 11.7 Å². The molecule has 0 saturated heterocycles. The maximum atomic E-state index is 12.4.